The topological polar surface area (TPSA) is 49.3 Å². The molecule has 1 aromatic rings. The van der Waals surface area contributed by atoms with Gasteiger partial charge in [-0.2, -0.15) is 0 Å². The van der Waals surface area contributed by atoms with Gasteiger partial charge in [0.2, 0.25) is 0 Å². The quantitative estimate of drug-likeness (QED) is 0.775. The molecule has 0 radical (unpaired) electrons. The van der Waals surface area contributed by atoms with Gasteiger partial charge < -0.3 is 10.4 Å². The van der Waals surface area contributed by atoms with E-state index in [9.17, 15) is 9.32 Å². The first-order valence-electron chi connectivity index (χ1n) is 5.86. The number of benzene rings is 1. The third kappa shape index (κ3) is 5.96. The number of rotatable bonds is 7. The molecule has 0 fully saturated rings. The molecule has 0 heterocycles. The van der Waals surface area contributed by atoms with Gasteiger partial charge in [0.25, 0.3) is 0 Å². The van der Waals surface area contributed by atoms with Crippen LogP contribution in [0, 0.1) is 0 Å². The van der Waals surface area contributed by atoms with E-state index in [2.05, 4.69) is 5.32 Å². The second-order valence-electron chi connectivity index (χ2n) is 4.30. The van der Waals surface area contributed by atoms with E-state index in [4.69, 9.17) is 0 Å². The van der Waals surface area contributed by atoms with E-state index >= 15 is 0 Å². The van der Waals surface area contributed by atoms with E-state index in [1.807, 2.05) is 37.3 Å². The van der Waals surface area contributed by atoms with Gasteiger partial charge in [-0.25, -0.2) is 0 Å². The molecule has 0 amide bonds. The van der Waals surface area contributed by atoms with Gasteiger partial charge in [-0.15, -0.1) is 0 Å². The Kier molecular flexibility index (Phi) is 6.40. The van der Waals surface area contributed by atoms with Gasteiger partial charge in [0.15, 0.2) is 0 Å². The number of hydrogen-bond acceptors (Lipinski definition) is 3. The third-order valence-corrected chi connectivity index (χ3v) is 3.49. The molecule has 17 heavy (non-hydrogen) atoms. The maximum atomic E-state index is 10.9. The lowest BCUT2D eigenvalue weighted by Gasteiger charge is -2.17. The average molecular weight is 255 g/mol. The van der Waals surface area contributed by atoms with Crippen LogP contribution < -0.4 is 5.32 Å². The van der Waals surface area contributed by atoms with E-state index in [1.54, 1.807) is 6.26 Å². The summed E-state index contributed by atoms with van der Waals surface area (Å²) in [5, 5.41) is 13.2. The first kappa shape index (κ1) is 14.4. The predicted molar refractivity (Wildman–Crippen MR) is 72.4 cm³/mol. The Morgan fingerprint density at radius 1 is 1.35 bits per heavy atom. The van der Waals surface area contributed by atoms with E-state index in [1.165, 1.54) is 0 Å². The highest BCUT2D eigenvalue weighted by Crippen LogP contribution is 2.10. The van der Waals surface area contributed by atoms with Crippen molar-refractivity contribution >= 4 is 10.8 Å². The Bertz CT molecular complexity index is 343. The highest BCUT2D eigenvalue weighted by atomic mass is 32.2. The third-order valence-electron chi connectivity index (χ3n) is 2.68. The van der Waals surface area contributed by atoms with E-state index in [0.717, 1.165) is 12.0 Å². The molecule has 1 rings (SSSR count). The smallest absolute Gasteiger partial charge is 0.0914 e. The van der Waals surface area contributed by atoms with Crippen LogP contribution in [0.15, 0.2) is 30.3 Å². The van der Waals surface area contributed by atoms with E-state index in [-0.39, 0.29) is 6.04 Å². The minimum absolute atomic E-state index is 0.275. The van der Waals surface area contributed by atoms with Gasteiger partial charge in [0, 0.05) is 35.4 Å². The Morgan fingerprint density at radius 2 is 2.00 bits per heavy atom. The van der Waals surface area contributed by atoms with Crippen LogP contribution in [0.25, 0.3) is 0 Å². The van der Waals surface area contributed by atoms with Crippen LogP contribution in [0.3, 0.4) is 0 Å². The van der Waals surface area contributed by atoms with Gasteiger partial charge in [-0.1, -0.05) is 30.3 Å². The number of aliphatic hydroxyl groups is 1. The summed E-state index contributed by atoms with van der Waals surface area (Å²) in [6.45, 7) is 2.58. The Morgan fingerprint density at radius 3 is 2.59 bits per heavy atom. The number of nitrogens with one attached hydrogen (secondary N) is 1. The van der Waals surface area contributed by atoms with E-state index < -0.39 is 16.9 Å². The second-order valence-corrected chi connectivity index (χ2v) is 5.86. The van der Waals surface area contributed by atoms with Crippen molar-refractivity contribution in [3.63, 3.8) is 0 Å². The van der Waals surface area contributed by atoms with Gasteiger partial charge in [-0.05, 0) is 18.9 Å². The summed E-state index contributed by atoms with van der Waals surface area (Å²) in [5.41, 5.74) is 0.922. The molecule has 96 valence electrons. The highest BCUT2D eigenvalue weighted by Gasteiger charge is 2.09. The molecule has 0 aliphatic carbocycles. The molecule has 0 saturated heterocycles. The lowest BCUT2D eigenvalue weighted by atomic mass is 10.1. The monoisotopic (exact) mass is 255 g/mol. The summed E-state index contributed by atoms with van der Waals surface area (Å²) in [4.78, 5) is 0. The first-order valence-corrected chi connectivity index (χ1v) is 7.58. The molecule has 0 bridgehead atoms. The molecular weight excluding hydrogens is 234 g/mol. The number of aliphatic hydroxyl groups excluding tert-OH is 1. The molecule has 0 aliphatic heterocycles. The fourth-order valence-corrected chi connectivity index (χ4v) is 2.24. The first-order chi connectivity index (χ1) is 8.09. The van der Waals surface area contributed by atoms with Crippen LogP contribution in [0.2, 0.25) is 0 Å². The Hall–Kier alpha value is -0.710. The average Bonchev–Trinajstić information content (AvgIpc) is 2.34. The van der Waals surface area contributed by atoms with Crippen LogP contribution in [0.5, 0.6) is 0 Å². The van der Waals surface area contributed by atoms with Crippen molar-refractivity contribution in [3.05, 3.63) is 35.9 Å². The molecule has 3 unspecified atom stereocenters. The summed E-state index contributed by atoms with van der Waals surface area (Å²) < 4.78 is 10.9. The van der Waals surface area contributed by atoms with Gasteiger partial charge >= 0.3 is 0 Å². The fraction of sp³-hybridized carbons (Fsp3) is 0.538. The molecule has 0 saturated carbocycles. The Labute approximate surface area is 106 Å². The lowest BCUT2D eigenvalue weighted by molar-refractivity contribution is 0.170. The summed E-state index contributed by atoms with van der Waals surface area (Å²) >= 11 is 0. The summed E-state index contributed by atoms with van der Waals surface area (Å²) in [6.07, 6.45) is 2.10. The fourth-order valence-electron chi connectivity index (χ4n) is 1.55. The molecule has 1 aromatic carbocycles. The largest absolute Gasteiger partial charge is 0.387 e. The van der Waals surface area contributed by atoms with Crippen molar-refractivity contribution in [1.29, 1.82) is 0 Å². The normalized spacial score (nSPS) is 16.4. The SMILES string of the molecule is CC(CCS(C)=O)NCC(O)c1ccccc1. The highest BCUT2D eigenvalue weighted by molar-refractivity contribution is 7.84. The van der Waals surface area contributed by atoms with Crippen LogP contribution >= 0.6 is 0 Å². The minimum Gasteiger partial charge on any atom is -0.387 e. The zero-order chi connectivity index (χ0) is 12.7. The molecule has 3 nitrogen and oxygen atoms in total. The van der Waals surface area contributed by atoms with Crippen LogP contribution in [0.4, 0.5) is 0 Å². The molecule has 2 N–H and O–H groups in total. The summed E-state index contributed by atoms with van der Waals surface area (Å²) in [5.74, 6) is 0.704. The molecule has 0 aliphatic rings. The molecule has 0 aromatic heterocycles. The molecule has 3 atom stereocenters. The predicted octanol–water partition coefficient (Wildman–Crippen LogP) is 1.47. The van der Waals surface area contributed by atoms with Crippen molar-refractivity contribution in [2.75, 3.05) is 18.6 Å². The van der Waals surface area contributed by atoms with Crippen molar-refractivity contribution < 1.29 is 9.32 Å². The van der Waals surface area contributed by atoms with Crippen molar-refractivity contribution in [2.45, 2.75) is 25.5 Å². The van der Waals surface area contributed by atoms with Crippen LogP contribution in [-0.2, 0) is 10.8 Å². The second kappa shape index (κ2) is 7.58. The maximum absolute atomic E-state index is 10.9. The van der Waals surface area contributed by atoms with Crippen molar-refractivity contribution in [2.24, 2.45) is 0 Å². The van der Waals surface area contributed by atoms with Gasteiger partial charge in [0.1, 0.15) is 0 Å². The zero-order valence-corrected chi connectivity index (χ0v) is 11.2. The number of hydrogen-bond donors (Lipinski definition) is 2. The van der Waals surface area contributed by atoms with Crippen LogP contribution in [0.1, 0.15) is 25.0 Å². The van der Waals surface area contributed by atoms with Crippen molar-refractivity contribution in [1.82, 2.24) is 5.32 Å². The van der Waals surface area contributed by atoms with Crippen molar-refractivity contribution in [3.8, 4) is 0 Å². The van der Waals surface area contributed by atoms with E-state index in [0.29, 0.717) is 12.3 Å². The standard InChI is InChI=1S/C13H21NO2S/c1-11(8-9-17(2)16)14-10-13(15)12-6-4-3-5-7-12/h3-7,11,13-15H,8-10H2,1-2H3. The summed E-state index contributed by atoms with van der Waals surface area (Å²) in [7, 11) is -0.739. The van der Waals surface area contributed by atoms with Crippen LogP contribution in [-0.4, -0.2) is 33.9 Å². The minimum atomic E-state index is -0.739. The maximum Gasteiger partial charge on any atom is 0.0914 e. The molecule has 0 spiro atoms. The Balaban J connectivity index is 2.28. The van der Waals surface area contributed by atoms with Gasteiger partial charge in [-0.3, -0.25) is 4.21 Å². The lowest BCUT2D eigenvalue weighted by Crippen LogP contribution is -2.31. The summed E-state index contributed by atoms with van der Waals surface area (Å²) in [6, 6.07) is 9.88. The molecular formula is C13H21NO2S. The zero-order valence-electron chi connectivity index (χ0n) is 10.4. The molecule has 4 heteroatoms. The van der Waals surface area contributed by atoms with Gasteiger partial charge in [0.05, 0.1) is 6.10 Å².